The molecule has 17 heavy (non-hydrogen) atoms. The lowest BCUT2D eigenvalue weighted by atomic mass is 10.0. The van der Waals surface area contributed by atoms with E-state index in [0.717, 1.165) is 19.3 Å². The van der Waals surface area contributed by atoms with Gasteiger partial charge in [-0.3, -0.25) is 4.79 Å². The summed E-state index contributed by atoms with van der Waals surface area (Å²) in [6.07, 6.45) is 3.08. The van der Waals surface area contributed by atoms with Gasteiger partial charge in [-0.25, -0.2) is 0 Å². The molecule has 1 aromatic rings. The lowest BCUT2D eigenvalue weighted by Gasteiger charge is -2.08. The van der Waals surface area contributed by atoms with Crippen molar-refractivity contribution >= 4 is 5.78 Å². The number of carbonyl (C=O) groups is 1. The van der Waals surface area contributed by atoms with Gasteiger partial charge >= 0.3 is 0 Å². The highest BCUT2D eigenvalue weighted by Gasteiger charge is 2.17. The first kappa shape index (κ1) is 13.4. The molecule has 94 valence electrons. The van der Waals surface area contributed by atoms with Gasteiger partial charge in [0.15, 0.2) is 5.78 Å². The molecule has 0 fully saturated rings. The van der Waals surface area contributed by atoms with Crippen molar-refractivity contribution in [2.24, 2.45) is 0 Å². The van der Waals surface area contributed by atoms with Gasteiger partial charge in [0, 0.05) is 18.6 Å². The molecular formula is C13H18O4. The number of rotatable bonds is 6. The molecule has 0 radical (unpaired) electrons. The van der Waals surface area contributed by atoms with Gasteiger partial charge in [-0.15, -0.1) is 0 Å². The van der Waals surface area contributed by atoms with Gasteiger partial charge in [-0.1, -0.05) is 19.8 Å². The molecule has 0 aliphatic rings. The third kappa shape index (κ3) is 3.37. The van der Waals surface area contributed by atoms with Gasteiger partial charge in [0.05, 0.1) is 7.11 Å². The molecule has 0 saturated heterocycles. The molecule has 0 aliphatic heterocycles. The lowest BCUT2D eigenvalue weighted by molar-refractivity contribution is 0.0974. The molecule has 0 aliphatic carbocycles. The Labute approximate surface area is 101 Å². The summed E-state index contributed by atoms with van der Waals surface area (Å²) in [7, 11) is 1.43. The average Bonchev–Trinajstić information content (AvgIpc) is 2.28. The molecule has 0 atom stereocenters. The number of phenols is 2. The fourth-order valence-electron chi connectivity index (χ4n) is 1.65. The zero-order valence-electron chi connectivity index (χ0n) is 10.2. The second-order valence-electron chi connectivity index (χ2n) is 3.92. The Hall–Kier alpha value is -1.71. The monoisotopic (exact) mass is 238 g/mol. The number of phenolic OH excluding ortho intramolecular Hbond substituents is 2. The van der Waals surface area contributed by atoms with Crippen LogP contribution >= 0.6 is 0 Å². The number of Topliss-reactive ketones (excluding diaryl/α,β-unsaturated/α-hetero) is 1. The van der Waals surface area contributed by atoms with E-state index in [2.05, 4.69) is 0 Å². The maximum absolute atomic E-state index is 11.8. The van der Waals surface area contributed by atoms with Crippen LogP contribution in [0.1, 0.15) is 43.0 Å². The first-order valence-electron chi connectivity index (χ1n) is 5.73. The molecule has 2 N–H and O–H groups in total. The second kappa shape index (κ2) is 6.13. The zero-order valence-corrected chi connectivity index (χ0v) is 10.2. The van der Waals surface area contributed by atoms with Gasteiger partial charge in [-0.2, -0.15) is 0 Å². The van der Waals surface area contributed by atoms with Crippen molar-refractivity contribution in [3.63, 3.8) is 0 Å². The first-order valence-corrected chi connectivity index (χ1v) is 5.73. The number of carbonyl (C=O) groups excluding carboxylic acids is 1. The van der Waals surface area contributed by atoms with E-state index in [-0.39, 0.29) is 22.8 Å². The number of methoxy groups -OCH3 is 1. The third-order valence-electron chi connectivity index (χ3n) is 2.59. The van der Waals surface area contributed by atoms with Crippen LogP contribution in [-0.4, -0.2) is 23.1 Å². The van der Waals surface area contributed by atoms with Crippen molar-refractivity contribution in [1.29, 1.82) is 0 Å². The minimum Gasteiger partial charge on any atom is -0.507 e. The Morgan fingerprint density at radius 1 is 1.24 bits per heavy atom. The van der Waals surface area contributed by atoms with E-state index in [0.29, 0.717) is 12.2 Å². The fraction of sp³-hybridized carbons (Fsp3) is 0.462. The van der Waals surface area contributed by atoms with E-state index in [1.54, 1.807) is 0 Å². The van der Waals surface area contributed by atoms with E-state index >= 15 is 0 Å². The molecule has 0 bridgehead atoms. The molecule has 1 aromatic carbocycles. The van der Waals surface area contributed by atoms with Crippen molar-refractivity contribution < 1.29 is 19.7 Å². The van der Waals surface area contributed by atoms with Gasteiger partial charge in [0.1, 0.15) is 22.8 Å². The Morgan fingerprint density at radius 3 is 2.29 bits per heavy atom. The number of aromatic hydroxyl groups is 2. The van der Waals surface area contributed by atoms with Crippen molar-refractivity contribution in [2.75, 3.05) is 7.11 Å². The minimum atomic E-state index is -0.240. The molecule has 0 spiro atoms. The summed E-state index contributed by atoms with van der Waals surface area (Å²) >= 11 is 0. The van der Waals surface area contributed by atoms with Crippen molar-refractivity contribution in [3.8, 4) is 17.2 Å². The summed E-state index contributed by atoms with van der Waals surface area (Å²) in [5.74, 6) is -0.382. The van der Waals surface area contributed by atoms with Gasteiger partial charge in [0.25, 0.3) is 0 Å². The molecular weight excluding hydrogens is 220 g/mol. The van der Waals surface area contributed by atoms with Crippen LogP contribution in [0.2, 0.25) is 0 Å². The van der Waals surface area contributed by atoms with Crippen LogP contribution in [0.5, 0.6) is 17.2 Å². The van der Waals surface area contributed by atoms with Crippen LogP contribution in [0, 0.1) is 0 Å². The number of hydrogen-bond acceptors (Lipinski definition) is 4. The Bertz CT molecular complexity index is 375. The molecule has 4 nitrogen and oxygen atoms in total. The summed E-state index contributed by atoms with van der Waals surface area (Å²) in [4.78, 5) is 11.8. The number of hydrogen-bond donors (Lipinski definition) is 2. The van der Waals surface area contributed by atoms with E-state index in [1.807, 2.05) is 6.92 Å². The zero-order chi connectivity index (χ0) is 12.8. The lowest BCUT2D eigenvalue weighted by Crippen LogP contribution is -2.00. The molecule has 0 heterocycles. The predicted octanol–water partition coefficient (Wildman–Crippen LogP) is 2.87. The van der Waals surface area contributed by atoms with Crippen LogP contribution in [0.15, 0.2) is 12.1 Å². The minimum absolute atomic E-state index is 0.0121. The van der Waals surface area contributed by atoms with Crippen molar-refractivity contribution in [1.82, 2.24) is 0 Å². The fourth-order valence-corrected chi connectivity index (χ4v) is 1.65. The molecule has 1 rings (SSSR count). The summed E-state index contributed by atoms with van der Waals surface area (Å²) in [5.41, 5.74) is -0.0121. The van der Waals surface area contributed by atoms with Crippen LogP contribution < -0.4 is 4.74 Å². The Kier molecular flexibility index (Phi) is 4.82. The smallest absolute Gasteiger partial charge is 0.170 e. The predicted molar refractivity (Wildman–Crippen MR) is 64.8 cm³/mol. The summed E-state index contributed by atoms with van der Waals surface area (Å²) in [5, 5.41) is 19.3. The number of benzene rings is 1. The van der Waals surface area contributed by atoms with Crippen LogP contribution in [0.3, 0.4) is 0 Å². The third-order valence-corrected chi connectivity index (χ3v) is 2.59. The summed E-state index contributed by atoms with van der Waals surface area (Å²) in [6.45, 7) is 2.05. The van der Waals surface area contributed by atoms with Crippen molar-refractivity contribution in [2.45, 2.75) is 32.6 Å². The normalized spacial score (nSPS) is 10.2. The quantitative estimate of drug-likeness (QED) is 0.590. The summed E-state index contributed by atoms with van der Waals surface area (Å²) < 4.78 is 4.88. The van der Waals surface area contributed by atoms with E-state index < -0.39 is 0 Å². The number of ketones is 1. The molecule has 0 unspecified atom stereocenters. The number of unbranched alkanes of at least 4 members (excludes halogenated alkanes) is 2. The number of ether oxygens (including phenoxy) is 1. The van der Waals surface area contributed by atoms with Gasteiger partial charge in [0.2, 0.25) is 0 Å². The second-order valence-corrected chi connectivity index (χ2v) is 3.92. The largest absolute Gasteiger partial charge is 0.507 e. The van der Waals surface area contributed by atoms with E-state index in [9.17, 15) is 15.0 Å². The Balaban J connectivity index is 2.86. The van der Waals surface area contributed by atoms with Crippen LogP contribution in [0.4, 0.5) is 0 Å². The average molecular weight is 238 g/mol. The Morgan fingerprint density at radius 2 is 1.82 bits per heavy atom. The molecule has 0 aromatic heterocycles. The van der Waals surface area contributed by atoms with Crippen LogP contribution in [0.25, 0.3) is 0 Å². The van der Waals surface area contributed by atoms with Crippen LogP contribution in [-0.2, 0) is 0 Å². The molecule has 0 amide bonds. The highest BCUT2D eigenvalue weighted by Crippen LogP contribution is 2.33. The van der Waals surface area contributed by atoms with Gasteiger partial charge < -0.3 is 14.9 Å². The highest BCUT2D eigenvalue weighted by atomic mass is 16.5. The standard InChI is InChI=1S/C13H18O4/c1-3-4-5-6-10(14)13-11(15)7-9(17-2)8-12(13)16/h7-8,15-16H,3-6H2,1-2H3. The van der Waals surface area contributed by atoms with E-state index in [4.69, 9.17) is 4.74 Å². The molecule has 4 heteroatoms. The van der Waals surface area contributed by atoms with Crippen molar-refractivity contribution in [3.05, 3.63) is 17.7 Å². The van der Waals surface area contributed by atoms with Gasteiger partial charge in [-0.05, 0) is 6.42 Å². The SMILES string of the molecule is CCCCCC(=O)c1c(O)cc(OC)cc1O. The molecule has 0 saturated carbocycles. The topological polar surface area (TPSA) is 66.8 Å². The maximum Gasteiger partial charge on any atom is 0.170 e. The highest BCUT2D eigenvalue weighted by molar-refractivity contribution is 6.01. The first-order chi connectivity index (χ1) is 8.10. The van der Waals surface area contributed by atoms with E-state index in [1.165, 1.54) is 19.2 Å². The maximum atomic E-state index is 11.8. The summed E-state index contributed by atoms with van der Waals surface area (Å²) in [6, 6.07) is 2.65.